The maximum atomic E-state index is 10.6. The number of rotatable bonds is 1. The summed E-state index contributed by atoms with van der Waals surface area (Å²) in [5, 5.41) is 9.81. The Bertz CT molecular complexity index is 433. The van der Waals surface area contributed by atoms with Crippen LogP contribution >= 0.6 is 0 Å². The Morgan fingerprint density at radius 2 is 2.27 bits per heavy atom. The molecular formula is C12H12O3. The van der Waals surface area contributed by atoms with Crippen LogP contribution in [0.4, 0.5) is 0 Å². The molecule has 0 amide bonds. The number of phenols is 1. The summed E-state index contributed by atoms with van der Waals surface area (Å²) in [7, 11) is 0. The number of allylic oxidation sites excluding steroid dienone is 1. The first-order valence-corrected chi connectivity index (χ1v) is 4.81. The fraction of sp³-hybridized carbons (Fsp3) is 0.250. The number of aromatic hydroxyl groups is 1. The minimum absolute atomic E-state index is 0.0356. The van der Waals surface area contributed by atoms with E-state index in [0.717, 1.165) is 5.57 Å². The Labute approximate surface area is 88.0 Å². The largest absolute Gasteiger partial charge is 0.507 e. The third-order valence-corrected chi connectivity index (χ3v) is 2.51. The minimum atomic E-state index is 0.0356. The number of hydrogen-bond acceptors (Lipinski definition) is 3. The number of benzene rings is 1. The Morgan fingerprint density at radius 1 is 1.47 bits per heavy atom. The lowest BCUT2D eigenvalue weighted by Gasteiger charge is -2.09. The highest BCUT2D eigenvalue weighted by Crippen LogP contribution is 2.33. The number of carbonyl (C=O) groups excluding carboxylic acids is 1. The van der Waals surface area contributed by atoms with Crippen LogP contribution in [0.15, 0.2) is 23.8 Å². The van der Waals surface area contributed by atoms with Gasteiger partial charge >= 0.3 is 0 Å². The molecule has 1 aromatic rings. The molecule has 0 fully saturated rings. The number of phenolic OH excluding ortho intramolecular Hbond substituents is 1. The average molecular weight is 204 g/mol. The van der Waals surface area contributed by atoms with Gasteiger partial charge in [-0.1, -0.05) is 6.08 Å². The molecule has 1 aromatic carbocycles. The van der Waals surface area contributed by atoms with Crippen molar-refractivity contribution in [2.75, 3.05) is 6.61 Å². The molecule has 0 aromatic heterocycles. The van der Waals surface area contributed by atoms with E-state index in [2.05, 4.69) is 0 Å². The highest BCUT2D eigenvalue weighted by Gasteiger charge is 2.14. The Balaban J connectivity index is 2.51. The van der Waals surface area contributed by atoms with Crippen molar-refractivity contribution in [1.82, 2.24) is 0 Å². The van der Waals surface area contributed by atoms with Crippen molar-refractivity contribution in [3.05, 3.63) is 34.9 Å². The second-order valence-corrected chi connectivity index (χ2v) is 3.64. The zero-order chi connectivity index (χ0) is 10.8. The van der Waals surface area contributed by atoms with Gasteiger partial charge in [-0.3, -0.25) is 4.79 Å². The summed E-state index contributed by atoms with van der Waals surface area (Å²) in [6.45, 7) is 2.51. The van der Waals surface area contributed by atoms with Crippen molar-refractivity contribution in [3.8, 4) is 11.5 Å². The van der Waals surface area contributed by atoms with E-state index >= 15 is 0 Å². The third-order valence-electron chi connectivity index (χ3n) is 2.51. The summed E-state index contributed by atoms with van der Waals surface area (Å²) in [6.07, 6.45) is 3.26. The Hall–Kier alpha value is -1.77. The Kier molecular flexibility index (Phi) is 2.46. The van der Waals surface area contributed by atoms with E-state index in [4.69, 9.17) is 4.74 Å². The monoisotopic (exact) mass is 204 g/mol. The third kappa shape index (κ3) is 1.73. The molecule has 0 saturated carbocycles. The molecule has 1 N–H and O–H groups in total. The molecule has 0 radical (unpaired) electrons. The van der Waals surface area contributed by atoms with Gasteiger partial charge in [0.15, 0.2) is 6.29 Å². The molecule has 0 aliphatic carbocycles. The lowest BCUT2D eigenvalue weighted by atomic mass is 10.0. The fourth-order valence-corrected chi connectivity index (χ4v) is 1.59. The van der Waals surface area contributed by atoms with Gasteiger partial charge in [0.2, 0.25) is 0 Å². The summed E-state index contributed by atoms with van der Waals surface area (Å²) in [5.74, 6) is 0.694. The molecule has 1 heterocycles. The summed E-state index contributed by atoms with van der Waals surface area (Å²) in [4.78, 5) is 10.6. The van der Waals surface area contributed by atoms with Gasteiger partial charge in [0.05, 0.1) is 5.56 Å². The van der Waals surface area contributed by atoms with Crippen molar-refractivity contribution >= 4 is 6.29 Å². The summed E-state index contributed by atoms with van der Waals surface area (Å²) < 4.78 is 5.50. The van der Waals surface area contributed by atoms with Gasteiger partial charge in [0.25, 0.3) is 0 Å². The maximum absolute atomic E-state index is 10.6. The van der Waals surface area contributed by atoms with Crippen molar-refractivity contribution in [2.45, 2.75) is 13.3 Å². The fourth-order valence-electron chi connectivity index (χ4n) is 1.59. The second kappa shape index (κ2) is 3.77. The SMILES string of the molecule is CC1=CCc2c(ccc(C=O)c2O)OC1. The predicted molar refractivity (Wildman–Crippen MR) is 56.5 cm³/mol. The first kappa shape index (κ1) is 9.77. The highest BCUT2D eigenvalue weighted by molar-refractivity contribution is 5.81. The van der Waals surface area contributed by atoms with Crippen LogP contribution in [0.25, 0.3) is 0 Å². The van der Waals surface area contributed by atoms with E-state index in [9.17, 15) is 9.90 Å². The van der Waals surface area contributed by atoms with E-state index in [1.807, 2.05) is 13.0 Å². The van der Waals surface area contributed by atoms with Gasteiger partial charge < -0.3 is 9.84 Å². The molecule has 78 valence electrons. The van der Waals surface area contributed by atoms with Crippen LogP contribution in [0.2, 0.25) is 0 Å². The van der Waals surface area contributed by atoms with Gasteiger partial charge in [0, 0.05) is 5.56 Å². The van der Waals surface area contributed by atoms with Crippen LogP contribution < -0.4 is 4.74 Å². The first-order chi connectivity index (χ1) is 7.22. The zero-order valence-corrected chi connectivity index (χ0v) is 8.49. The van der Waals surface area contributed by atoms with E-state index in [-0.39, 0.29) is 5.75 Å². The summed E-state index contributed by atoms with van der Waals surface area (Å²) >= 11 is 0. The topological polar surface area (TPSA) is 46.5 Å². The molecule has 1 aliphatic heterocycles. The van der Waals surface area contributed by atoms with Gasteiger partial charge in [-0.05, 0) is 31.1 Å². The molecule has 0 spiro atoms. The first-order valence-electron chi connectivity index (χ1n) is 4.81. The quantitative estimate of drug-likeness (QED) is 0.562. The van der Waals surface area contributed by atoms with Crippen LogP contribution in [0.5, 0.6) is 11.5 Å². The van der Waals surface area contributed by atoms with Gasteiger partial charge in [0.1, 0.15) is 18.1 Å². The zero-order valence-electron chi connectivity index (χ0n) is 8.49. The molecule has 2 rings (SSSR count). The summed E-state index contributed by atoms with van der Waals surface area (Å²) in [5.41, 5.74) is 2.13. The van der Waals surface area contributed by atoms with Crippen LogP contribution in [-0.4, -0.2) is 18.0 Å². The highest BCUT2D eigenvalue weighted by atomic mass is 16.5. The molecule has 0 saturated heterocycles. The molecule has 3 heteroatoms. The molecule has 0 atom stereocenters. The van der Waals surface area contributed by atoms with Crippen LogP contribution in [-0.2, 0) is 6.42 Å². The van der Waals surface area contributed by atoms with Crippen molar-refractivity contribution in [2.24, 2.45) is 0 Å². The lowest BCUT2D eigenvalue weighted by Crippen LogP contribution is -1.98. The number of aldehydes is 1. The van der Waals surface area contributed by atoms with Crippen molar-refractivity contribution < 1.29 is 14.6 Å². The molecule has 15 heavy (non-hydrogen) atoms. The van der Waals surface area contributed by atoms with Crippen LogP contribution in [0.1, 0.15) is 22.8 Å². The summed E-state index contributed by atoms with van der Waals surface area (Å²) in [6, 6.07) is 3.30. The molecule has 0 bridgehead atoms. The molecule has 1 aliphatic rings. The Morgan fingerprint density at radius 3 is 3.00 bits per heavy atom. The normalized spacial score (nSPS) is 14.6. The molecule has 0 unspecified atom stereocenters. The number of ether oxygens (including phenoxy) is 1. The van der Waals surface area contributed by atoms with Crippen LogP contribution in [0.3, 0.4) is 0 Å². The van der Waals surface area contributed by atoms with Gasteiger partial charge in [-0.25, -0.2) is 0 Å². The van der Waals surface area contributed by atoms with E-state index in [1.165, 1.54) is 0 Å². The van der Waals surface area contributed by atoms with Crippen molar-refractivity contribution in [1.29, 1.82) is 0 Å². The van der Waals surface area contributed by atoms with Gasteiger partial charge in [-0.2, -0.15) is 0 Å². The van der Waals surface area contributed by atoms with Crippen LogP contribution in [0, 0.1) is 0 Å². The van der Waals surface area contributed by atoms with E-state index < -0.39 is 0 Å². The number of carbonyl (C=O) groups is 1. The van der Waals surface area contributed by atoms with Gasteiger partial charge in [-0.15, -0.1) is 0 Å². The average Bonchev–Trinajstić information content (AvgIpc) is 2.42. The van der Waals surface area contributed by atoms with E-state index in [1.54, 1.807) is 12.1 Å². The standard InChI is InChI=1S/C12H12O3/c1-8-2-4-10-11(15-7-8)5-3-9(6-13)12(10)14/h2-3,5-6,14H,4,7H2,1H3. The lowest BCUT2D eigenvalue weighted by molar-refractivity contribution is 0.112. The smallest absolute Gasteiger partial charge is 0.153 e. The number of hydrogen-bond donors (Lipinski definition) is 1. The molecule has 3 nitrogen and oxygen atoms in total. The van der Waals surface area contributed by atoms with E-state index in [0.29, 0.717) is 36.2 Å². The second-order valence-electron chi connectivity index (χ2n) is 3.64. The minimum Gasteiger partial charge on any atom is -0.507 e. The van der Waals surface area contributed by atoms with Crippen molar-refractivity contribution in [3.63, 3.8) is 0 Å². The predicted octanol–water partition coefficient (Wildman–Crippen LogP) is 2.09. The maximum Gasteiger partial charge on any atom is 0.153 e. The molecular weight excluding hydrogens is 192 g/mol. The number of fused-ring (bicyclic) bond motifs is 1.